The van der Waals surface area contributed by atoms with Crippen molar-refractivity contribution in [3.05, 3.63) is 71.9 Å². The monoisotopic (exact) mass is 420 g/mol. The van der Waals surface area contributed by atoms with Crippen molar-refractivity contribution in [1.82, 2.24) is 10.3 Å². The number of ether oxygens (including phenoxy) is 3. The summed E-state index contributed by atoms with van der Waals surface area (Å²) in [5.41, 5.74) is 2.58. The zero-order valence-electron chi connectivity index (χ0n) is 17.5. The molecule has 3 aromatic rings. The van der Waals surface area contributed by atoms with E-state index in [4.69, 9.17) is 14.2 Å². The van der Waals surface area contributed by atoms with Gasteiger partial charge in [0.1, 0.15) is 0 Å². The Hall–Kier alpha value is -3.87. The van der Waals surface area contributed by atoms with Crippen molar-refractivity contribution in [2.24, 2.45) is 0 Å². The normalized spacial score (nSPS) is 10.8. The number of para-hydroxylation sites is 1. The third-order valence-electron chi connectivity index (χ3n) is 4.59. The Morgan fingerprint density at radius 1 is 1.03 bits per heavy atom. The molecule has 0 aliphatic carbocycles. The average Bonchev–Trinajstić information content (AvgIpc) is 2.81. The van der Waals surface area contributed by atoms with Crippen LogP contribution < -0.4 is 14.8 Å². The van der Waals surface area contributed by atoms with Crippen LogP contribution >= 0.6 is 0 Å². The highest BCUT2D eigenvalue weighted by Gasteiger charge is 2.07. The second-order valence-corrected chi connectivity index (χ2v) is 6.65. The van der Waals surface area contributed by atoms with Gasteiger partial charge in [-0.05, 0) is 36.3 Å². The van der Waals surface area contributed by atoms with Crippen molar-refractivity contribution in [2.75, 3.05) is 27.4 Å². The summed E-state index contributed by atoms with van der Waals surface area (Å²) in [6.07, 6.45) is 5.23. The number of aromatic nitrogens is 1. The molecule has 1 amide bonds. The molecular formula is C24H24N2O5. The van der Waals surface area contributed by atoms with Crippen LogP contribution in [0.25, 0.3) is 17.0 Å². The summed E-state index contributed by atoms with van der Waals surface area (Å²) in [5, 5.41) is 3.71. The van der Waals surface area contributed by atoms with Crippen LogP contribution in [0.4, 0.5) is 0 Å². The van der Waals surface area contributed by atoms with Crippen molar-refractivity contribution in [3.8, 4) is 11.5 Å². The van der Waals surface area contributed by atoms with Gasteiger partial charge >= 0.3 is 5.97 Å². The van der Waals surface area contributed by atoms with Gasteiger partial charge < -0.3 is 19.5 Å². The van der Waals surface area contributed by atoms with Crippen LogP contribution in [-0.4, -0.2) is 44.2 Å². The van der Waals surface area contributed by atoms with Crippen molar-refractivity contribution in [2.45, 2.75) is 6.42 Å². The predicted molar refractivity (Wildman–Crippen MR) is 118 cm³/mol. The van der Waals surface area contributed by atoms with Crippen LogP contribution in [0, 0.1) is 0 Å². The van der Waals surface area contributed by atoms with E-state index in [1.165, 1.54) is 6.08 Å². The molecule has 0 aliphatic rings. The number of carbonyl (C=O) groups excluding carboxylic acids is 2. The maximum absolute atomic E-state index is 11.9. The van der Waals surface area contributed by atoms with Crippen molar-refractivity contribution in [3.63, 3.8) is 0 Å². The first-order valence-electron chi connectivity index (χ1n) is 9.77. The molecule has 7 heteroatoms. The van der Waals surface area contributed by atoms with Gasteiger partial charge in [-0.25, -0.2) is 4.79 Å². The number of nitrogens with zero attached hydrogens (tertiary/aromatic N) is 1. The molecule has 0 unspecified atom stereocenters. The van der Waals surface area contributed by atoms with E-state index < -0.39 is 5.97 Å². The van der Waals surface area contributed by atoms with E-state index >= 15 is 0 Å². The summed E-state index contributed by atoms with van der Waals surface area (Å²) in [6, 6.07) is 15.1. The molecular weight excluding hydrogens is 396 g/mol. The summed E-state index contributed by atoms with van der Waals surface area (Å²) in [4.78, 5) is 28.2. The van der Waals surface area contributed by atoms with Gasteiger partial charge in [0.15, 0.2) is 18.1 Å². The zero-order chi connectivity index (χ0) is 22.1. The van der Waals surface area contributed by atoms with Gasteiger partial charge in [-0.3, -0.25) is 9.78 Å². The van der Waals surface area contributed by atoms with E-state index in [1.807, 2.05) is 48.5 Å². The Labute approximate surface area is 180 Å². The SMILES string of the molecule is COc1ccc(CCNC(=O)COC(=O)/C=C/c2cccc3cccnc23)cc1OC. The van der Waals surface area contributed by atoms with Crippen LogP contribution in [0.5, 0.6) is 11.5 Å². The fourth-order valence-electron chi connectivity index (χ4n) is 3.04. The molecule has 1 N–H and O–H groups in total. The lowest BCUT2D eigenvalue weighted by atomic mass is 10.1. The van der Waals surface area contributed by atoms with Gasteiger partial charge in [-0.2, -0.15) is 0 Å². The molecule has 7 nitrogen and oxygen atoms in total. The maximum atomic E-state index is 11.9. The largest absolute Gasteiger partial charge is 0.493 e. The van der Waals surface area contributed by atoms with Crippen LogP contribution in [0.3, 0.4) is 0 Å². The van der Waals surface area contributed by atoms with Crippen molar-refractivity contribution < 1.29 is 23.8 Å². The first-order valence-corrected chi connectivity index (χ1v) is 9.77. The molecule has 0 saturated carbocycles. The first kappa shape index (κ1) is 21.8. The molecule has 0 saturated heterocycles. The van der Waals surface area contributed by atoms with E-state index in [2.05, 4.69) is 10.3 Å². The number of amides is 1. The Kier molecular flexibility index (Phi) is 7.59. The number of fused-ring (bicyclic) bond motifs is 1. The molecule has 1 heterocycles. The van der Waals surface area contributed by atoms with Crippen LogP contribution in [0.15, 0.2) is 60.8 Å². The molecule has 160 valence electrons. The summed E-state index contributed by atoms with van der Waals surface area (Å²) in [5.74, 6) is 0.319. The minimum atomic E-state index is -0.594. The molecule has 0 bridgehead atoms. The predicted octanol–water partition coefficient (Wildman–Crippen LogP) is 3.17. The Morgan fingerprint density at radius 2 is 1.84 bits per heavy atom. The molecule has 0 fully saturated rings. The number of pyridine rings is 1. The molecule has 0 radical (unpaired) electrons. The van der Waals surface area contributed by atoms with Gasteiger partial charge in [0, 0.05) is 29.8 Å². The Bertz CT molecular complexity index is 1090. The number of hydrogen-bond donors (Lipinski definition) is 1. The number of esters is 1. The van der Waals surface area contributed by atoms with E-state index in [0.717, 1.165) is 22.0 Å². The zero-order valence-corrected chi connectivity index (χ0v) is 17.5. The molecule has 31 heavy (non-hydrogen) atoms. The second kappa shape index (κ2) is 10.8. The van der Waals surface area contributed by atoms with Crippen molar-refractivity contribution in [1.29, 1.82) is 0 Å². The van der Waals surface area contributed by atoms with E-state index in [-0.39, 0.29) is 12.5 Å². The first-order chi connectivity index (χ1) is 15.1. The number of rotatable bonds is 9. The summed E-state index contributed by atoms with van der Waals surface area (Å²) in [6.45, 7) is 0.0618. The molecule has 2 aromatic carbocycles. The van der Waals surface area contributed by atoms with Gasteiger partial charge in [-0.15, -0.1) is 0 Å². The van der Waals surface area contributed by atoms with Crippen LogP contribution in [-0.2, 0) is 20.7 Å². The number of hydrogen-bond acceptors (Lipinski definition) is 6. The van der Waals surface area contributed by atoms with Gasteiger partial charge in [0.2, 0.25) is 0 Å². The highest BCUT2D eigenvalue weighted by molar-refractivity contribution is 5.93. The fourth-order valence-corrected chi connectivity index (χ4v) is 3.04. The lowest BCUT2D eigenvalue weighted by molar-refractivity contribution is -0.143. The van der Waals surface area contributed by atoms with Crippen LogP contribution in [0.2, 0.25) is 0 Å². The average molecular weight is 420 g/mol. The Morgan fingerprint density at radius 3 is 2.65 bits per heavy atom. The van der Waals surface area contributed by atoms with Crippen LogP contribution in [0.1, 0.15) is 11.1 Å². The molecule has 0 spiro atoms. The minimum Gasteiger partial charge on any atom is -0.493 e. The number of methoxy groups -OCH3 is 2. The smallest absolute Gasteiger partial charge is 0.331 e. The van der Waals surface area contributed by atoms with E-state index in [0.29, 0.717) is 24.5 Å². The summed E-state index contributed by atoms with van der Waals surface area (Å²) < 4.78 is 15.5. The van der Waals surface area contributed by atoms with Gasteiger partial charge in [0.05, 0.1) is 19.7 Å². The second-order valence-electron chi connectivity index (χ2n) is 6.65. The fraction of sp³-hybridized carbons (Fsp3) is 0.208. The molecule has 0 aliphatic heterocycles. The molecule has 0 atom stereocenters. The maximum Gasteiger partial charge on any atom is 0.331 e. The number of benzene rings is 2. The molecule has 3 rings (SSSR count). The van der Waals surface area contributed by atoms with Crippen molar-refractivity contribution >= 4 is 28.9 Å². The lowest BCUT2D eigenvalue weighted by Crippen LogP contribution is -2.30. The van der Waals surface area contributed by atoms with Gasteiger partial charge in [-0.1, -0.05) is 30.3 Å². The third-order valence-corrected chi connectivity index (χ3v) is 4.59. The highest BCUT2D eigenvalue weighted by atomic mass is 16.5. The summed E-state index contributed by atoms with van der Waals surface area (Å²) in [7, 11) is 3.15. The third kappa shape index (κ3) is 6.05. The lowest BCUT2D eigenvalue weighted by Gasteiger charge is -2.10. The topological polar surface area (TPSA) is 86.8 Å². The summed E-state index contributed by atoms with van der Waals surface area (Å²) >= 11 is 0. The standard InChI is InChI=1S/C24H24N2O5/c1-29-20-10-8-17(15-21(20)30-2)12-14-25-22(27)16-31-23(28)11-9-19-6-3-5-18-7-4-13-26-24(18)19/h3-11,13,15H,12,14,16H2,1-2H3,(H,25,27)/b11-9+. The number of carbonyl (C=O) groups is 2. The van der Waals surface area contributed by atoms with E-state index in [9.17, 15) is 9.59 Å². The Balaban J connectivity index is 1.44. The number of nitrogens with one attached hydrogen (secondary N) is 1. The quantitative estimate of drug-likeness (QED) is 0.423. The molecule has 1 aromatic heterocycles. The highest BCUT2D eigenvalue weighted by Crippen LogP contribution is 2.27. The van der Waals surface area contributed by atoms with E-state index in [1.54, 1.807) is 26.5 Å². The minimum absolute atomic E-state index is 0.344. The van der Waals surface area contributed by atoms with Gasteiger partial charge in [0.25, 0.3) is 5.91 Å².